The molecule has 0 aliphatic heterocycles. The standard InChI is InChI=1S/C8H16O2.3C2H6O.H3N/c1-2-3-4-5-6-7-8(9)10;3*1-2-3;/h2-7H2,1H3,(H,9,10);3*3H,2H2,1H3;1H3. The number of unbranched alkanes of at least 4 members (excludes halogenated alkanes) is 4. The third kappa shape index (κ3) is 116. The average molecular weight is 299 g/mol. The van der Waals surface area contributed by atoms with Crippen molar-refractivity contribution in [2.45, 2.75) is 66.2 Å². The maximum absolute atomic E-state index is 9.92. The zero-order valence-electron chi connectivity index (χ0n) is 14.0. The first kappa shape index (κ1) is 31.6. The summed E-state index contributed by atoms with van der Waals surface area (Å²) in [6.45, 7) is 7.93. The lowest BCUT2D eigenvalue weighted by atomic mass is 10.1. The van der Waals surface area contributed by atoms with Gasteiger partial charge >= 0.3 is 0 Å². The second-order valence-corrected chi connectivity index (χ2v) is 3.48. The molecule has 0 aromatic heterocycles. The summed E-state index contributed by atoms with van der Waals surface area (Å²) < 4.78 is 0. The van der Waals surface area contributed by atoms with Gasteiger partial charge in [0.05, 0.1) is 0 Å². The molecule has 0 fully saturated rings. The van der Waals surface area contributed by atoms with E-state index in [0.29, 0.717) is 0 Å². The van der Waals surface area contributed by atoms with Crippen LogP contribution in [0, 0.1) is 0 Å². The molecule has 0 aliphatic carbocycles. The minimum absolute atomic E-state index is 0. The first-order valence-corrected chi connectivity index (χ1v) is 7.04. The van der Waals surface area contributed by atoms with E-state index in [9.17, 15) is 9.90 Å². The van der Waals surface area contributed by atoms with Gasteiger partial charge in [-0.1, -0.05) is 32.6 Å². The predicted molar refractivity (Wildman–Crippen MR) is 82.6 cm³/mol. The number of carboxylic acids is 1. The number of rotatable bonds is 6. The van der Waals surface area contributed by atoms with Crippen molar-refractivity contribution in [3.8, 4) is 0 Å². The smallest absolute Gasteiger partial charge is 0.0414 e. The number of aliphatic carboxylic acids is 1. The molecule has 6 heteroatoms. The average Bonchev–Trinajstić information content (AvgIpc) is 2.31. The summed E-state index contributed by atoms with van der Waals surface area (Å²) in [4.78, 5) is 9.92. The zero-order valence-corrected chi connectivity index (χ0v) is 14.0. The molecule has 0 aromatic carbocycles. The highest BCUT2D eigenvalue weighted by Crippen LogP contribution is 2.03. The Hall–Kier alpha value is -0.690. The maximum atomic E-state index is 9.92. The van der Waals surface area contributed by atoms with E-state index < -0.39 is 5.97 Å². The molecule has 0 rings (SSSR count). The van der Waals surface area contributed by atoms with Gasteiger partial charge in [0.15, 0.2) is 0 Å². The maximum Gasteiger partial charge on any atom is 0.0414 e. The van der Waals surface area contributed by atoms with Crippen molar-refractivity contribution in [1.82, 2.24) is 6.15 Å². The van der Waals surface area contributed by atoms with Crippen LogP contribution in [0.2, 0.25) is 0 Å². The fraction of sp³-hybridized carbons (Fsp3) is 0.929. The van der Waals surface area contributed by atoms with Crippen LogP contribution in [0.3, 0.4) is 0 Å². The number of carbonyl (C=O) groups is 1. The van der Waals surface area contributed by atoms with Crippen molar-refractivity contribution in [2.75, 3.05) is 19.8 Å². The van der Waals surface area contributed by atoms with Gasteiger partial charge in [0, 0.05) is 25.8 Å². The van der Waals surface area contributed by atoms with Gasteiger partial charge in [-0.15, -0.1) is 0 Å². The Morgan fingerprint density at radius 2 is 1.10 bits per heavy atom. The molecule has 7 N–H and O–H groups in total. The molecular weight excluding hydrogens is 262 g/mol. The van der Waals surface area contributed by atoms with Crippen molar-refractivity contribution >= 4 is 5.97 Å². The van der Waals surface area contributed by atoms with Crippen molar-refractivity contribution < 1.29 is 25.2 Å². The molecule has 6 nitrogen and oxygen atoms in total. The number of hydrogen-bond donors (Lipinski definition) is 4. The molecule has 20 heavy (non-hydrogen) atoms. The van der Waals surface area contributed by atoms with Crippen LogP contribution in [-0.2, 0) is 4.79 Å². The first-order chi connectivity index (χ1) is 9.01. The summed E-state index contributed by atoms with van der Waals surface area (Å²) in [6, 6.07) is 0. The molecule has 0 radical (unpaired) electrons. The number of carboxylic acid groups (broad SMARTS) is 1. The second kappa shape index (κ2) is 42.9. The van der Waals surface area contributed by atoms with E-state index >= 15 is 0 Å². The van der Waals surface area contributed by atoms with E-state index in [1.807, 2.05) is 0 Å². The quantitative estimate of drug-likeness (QED) is 0.550. The van der Waals surface area contributed by atoms with Crippen LogP contribution >= 0.6 is 0 Å². The molecule has 0 spiro atoms. The Balaban J connectivity index is -0.0000000626. The molecule has 128 valence electrons. The van der Waals surface area contributed by atoms with Gasteiger partial charge in [-0.2, -0.15) is 0 Å². The van der Waals surface area contributed by atoms with Gasteiger partial charge < -0.3 is 31.4 Å². The summed E-state index contributed by atoms with van der Waals surface area (Å²) >= 11 is 0. The molecule has 0 bridgehead atoms. The minimum atomic E-state index is -0.920. The number of carbonyl (C=O) groups excluding carboxylic acids is 1. The highest BCUT2D eigenvalue weighted by atomic mass is 16.4. The number of aliphatic hydroxyl groups excluding tert-OH is 3. The summed E-state index contributed by atoms with van der Waals surface area (Å²) in [5.41, 5.74) is 0. The van der Waals surface area contributed by atoms with Crippen LogP contribution in [0.25, 0.3) is 0 Å². The summed E-state index contributed by atoms with van der Waals surface area (Å²) in [6.07, 6.45) is 5.61. The van der Waals surface area contributed by atoms with E-state index in [1.54, 1.807) is 20.8 Å². The number of hydrogen-bond acceptors (Lipinski definition) is 5. The SMILES string of the molecule is CCCCCCCC(=O)[O-].CCO.CCO.CCO.[NH4+]. The summed E-state index contributed by atoms with van der Waals surface area (Å²) in [5, 5.41) is 32.6. The molecule has 0 aromatic rings. The summed E-state index contributed by atoms with van der Waals surface area (Å²) in [7, 11) is 0. The van der Waals surface area contributed by atoms with E-state index in [0.717, 1.165) is 19.3 Å². The number of quaternary nitrogens is 1. The monoisotopic (exact) mass is 299 g/mol. The fourth-order valence-corrected chi connectivity index (χ4v) is 0.873. The van der Waals surface area contributed by atoms with Crippen LogP contribution in [0.15, 0.2) is 0 Å². The van der Waals surface area contributed by atoms with Crippen LogP contribution in [0.5, 0.6) is 0 Å². The summed E-state index contributed by atoms with van der Waals surface area (Å²) in [5.74, 6) is -0.920. The molecule has 0 amide bonds. The van der Waals surface area contributed by atoms with E-state index in [4.69, 9.17) is 15.3 Å². The second-order valence-electron chi connectivity index (χ2n) is 3.48. The highest BCUT2D eigenvalue weighted by molar-refractivity contribution is 5.63. The van der Waals surface area contributed by atoms with Crippen LogP contribution in [0.1, 0.15) is 66.2 Å². The number of aliphatic hydroxyl groups is 3. The van der Waals surface area contributed by atoms with Crippen molar-refractivity contribution in [2.24, 2.45) is 0 Å². The largest absolute Gasteiger partial charge is 0.550 e. The van der Waals surface area contributed by atoms with Crippen LogP contribution < -0.4 is 11.3 Å². The molecule has 0 atom stereocenters. The molecule has 0 aliphatic rings. The van der Waals surface area contributed by atoms with E-state index in [-0.39, 0.29) is 32.4 Å². The van der Waals surface area contributed by atoms with Gasteiger partial charge in [0.2, 0.25) is 0 Å². The topological polar surface area (TPSA) is 137 Å². The Morgan fingerprint density at radius 3 is 1.35 bits per heavy atom. The van der Waals surface area contributed by atoms with Crippen LogP contribution in [-0.4, -0.2) is 41.1 Å². The Labute approximate surface area is 124 Å². The zero-order chi connectivity index (χ0) is 15.9. The fourth-order valence-electron chi connectivity index (χ4n) is 0.873. The molecule has 0 heterocycles. The van der Waals surface area contributed by atoms with Gasteiger partial charge in [-0.3, -0.25) is 0 Å². The Bertz CT molecular complexity index is 130. The lowest BCUT2D eigenvalue weighted by Gasteiger charge is -2.00. The van der Waals surface area contributed by atoms with E-state index in [2.05, 4.69) is 6.92 Å². The van der Waals surface area contributed by atoms with Crippen molar-refractivity contribution in [3.63, 3.8) is 0 Å². The van der Waals surface area contributed by atoms with Gasteiger partial charge in [0.1, 0.15) is 0 Å². The molecule has 0 saturated heterocycles. The lowest BCUT2D eigenvalue weighted by Crippen LogP contribution is -2.21. The van der Waals surface area contributed by atoms with E-state index in [1.165, 1.54) is 12.8 Å². The predicted octanol–water partition coefficient (Wildman–Crippen LogP) is 1.47. The van der Waals surface area contributed by atoms with Crippen LogP contribution in [0.4, 0.5) is 0 Å². The Kier molecular flexibility index (Phi) is 67.8. The normalized spacial score (nSPS) is 7.55. The molecule has 0 saturated carbocycles. The lowest BCUT2D eigenvalue weighted by molar-refractivity contribution is -0.305. The van der Waals surface area contributed by atoms with Gasteiger partial charge in [-0.05, 0) is 33.6 Å². The van der Waals surface area contributed by atoms with Crippen molar-refractivity contribution in [3.05, 3.63) is 0 Å². The first-order valence-electron chi connectivity index (χ1n) is 7.04. The third-order valence-corrected chi connectivity index (χ3v) is 1.48. The van der Waals surface area contributed by atoms with Gasteiger partial charge in [0.25, 0.3) is 0 Å². The third-order valence-electron chi connectivity index (χ3n) is 1.48. The van der Waals surface area contributed by atoms with Gasteiger partial charge in [-0.25, -0.2) is 0 Å². The minimum Gasteiger partial charge on any atom is -0.550 e. The van der Waals surface area contributed by atoms with Crippen molar-refractivity contribution in [1.29, 1.82) is 0 Å². The Morgan fingerprint density at radius 1 is 0.800 bits per heavy atom. The molecule has 0 unspecified atom stereocenters. The highest BCUT2D eigenvalue weighted by Gasteiger charge is 1.88. The molecular formula is C14H37NO5.